The lowest BCUT2D eigenvalue weighted by atomic mass is 10.1. The van der Waals surface area contributed by atoms with Gasteiger partial charge >= 0.3 is 0 Å². The van der Waals surface area contributed by atoms with Gasteiger partial charge in [-0.2, -0.15) is 0 Å². The average Bonchev–Trinajstić information content (AvgIpc) is 2.19. The van der Waals surface area contributed by atoms with Gasteiger partial charge < -0.3 is 25.2 Å². The van der Waals surface area contributed by atoms with Gasteiger partial charge in [0.05, 0.1) is 7.11 Å². The molecule has 82 valence electrons. The first-order valence-corrected chi connectivity index (χ1v) is 4.19. The Morgan fingerprint density at radius 3 is 2.47 bits per heavy atom. The van der Waals surface area contributed by atoms with Crippen molar-refractivity contribution in [3.63, 3.8) is 0 Å². The zero-order valence-corrected chi connectivity index (χ0v) is 8.08. The maximum atomic E-state index is 9.30. The maximum absolute atomic E-state index is 9.30. The lowest BCUT2D eigenvalue weighted by molar-refractivity contribution is 0.00303. The standard InChI is InChI=1S/C10H12O5/c1-15-8-5-6(2-3-9(12)13)4-7(11)10(8)14/h2-5,9,11-14H,1H3. The molecule has 1 aromatic carbocycles. The minimum atomic E-state index is -1.56. The van der Waals surface area contributed by atoms with Gasteiger partial charge in [-0.05, 0) is 23.8 Å². The number of phenolic OH excluding ortho intramolecular Hbond substituents is 2. The van der Waals surface area contributed by atoms with E-state index in [0.717, 1.165) is 6.08 Å². The van der Waals surface area contributed by atoms with Gasteiger partial charge in [-0.25, -0.2) is 0 Å². The Kier molecular flexibility index (Phi) is 3.54. The van der Waals surface area contributed by atoms with E-state index in [-0.39, 0.29) is 17.2 Å². The second-order valence-corrected chi connectivity index (χ2v) is 2.86. The van der Waals surface area contributed by atoms with Gasteiger partial charge in [0.15, 0.2) is 17.8 Å². The van der Waals surface area contributed by atoms with Crippen LogP contribution in [0.1, 0.15) is 5.56 Å². The highest BCUT2D eigenvalue weighted by Gasteiger charge is 2.08. The monoisotopic (exact) mass is 212 g/mol. The summed E-state index contributed by atoms with van der Waals surface area (Å²) in [5.41, 5.74) is 0.482. The van der Waals surface area contributed by atoms with Crippen molar-refractivity contribution in [1.29, 1.82) is 0 Å². The highest BCUT2D eigenvalue weighted by molar-refractivity contribution is 5.61. The Hall–Kier alpha value is -1.72. The molecule has 0 spiro atoms. The zero-order chi connectivity index (χ0) is 11.4. The summed E-state index contributed by atoms with van der Waals surface area (Å²) in [6.45, 7) is 0. The number of phenols is 2. The lowest BCUT2D eigenvalue weighted by Crippen LogP contribution is -1.97. The van der Waals surface area contributed by atoms with Crippen LogP contribution in [-0.2, 0) is 0 Å². The molecule has 15 heavy (non-hydrogen) atoms. The highest BCUT2D eigenvalue weighted by Crippen LogP contribution is 2.36. The van der Waals surface area contributed by atoms with Crippen molar-refractivity contribution < 1.29 is 25.2 Å². The van der Waals surface area contributed by atoms with Crippen molar-refractivity contribution in [3.05, 3.63) is 23.8 Å². The lowest BCUT2D eigenvalue weighted by Gasteiger charge is -2.06. The number of hydrogen-bond acceptors (Lipinski definition) is 5. The van der Waals surface area contributed by atoms with Crippen molar-refractivity contribution >= 4 is 6.08 Å². The predicted molar refractivity (Wildman–Crippen MR) is 53.6 cm³/mol. The molecule has 0 atom stereocenters. The second-order valence-electron chi connectivity index (χ2n) is 2.86. The fraction of sp³-hybridized carbons (Fsp3) is 0.200. The van der Waals surface area contributed by atoms with Crippen molar-refractivity contribution in [3.8, 4) is 17.2 Å². The van der Waals surface area contributed by atoms with Gasteiger partial charge in [-0.1, -0.05) is 6.08 Å². The number of aliphatic hydroxyl groups excluding tert-OH is 1. The van der Waals surface area contributed by atoms with Gasteiger partial charge in [-0.3, -0.25) is 0 Å². The molecule has 4 N–H and O–H groups in total. The molecule has 0 aliphatic heterocycles. The van der Waals surface area contributed by atoms with E-state index in [9.17, 15) is 10.2 Å². The van der Waals surface area contributed by atoms with Gasteiger partial charge in [0.2, 0.25) is 5.75 Å². The highest BCUT2D eigenvalue weighted by atomic mass is 16.5. The first-order valence-electron chi connectivity index (χ1n) is 4.19. The van der Waals surface area contributed by atoms with Crippen LogP contribution in [0.2, 0.25) is 0 Å². The van der Waals surface area contributed by atoms with E-state index in [4.69, 9.17) is 14.9 Å². The van der Waals surface area contributed by atoms with Crippen LogP contribution in [0.4, 0.5) is 0 Å². The number of methoxy groups -OCH3 is 1. The van der Waals surface area contributed by atoms with E-state index in [1.807, 2.05) is 0 Å². The number of benzene rings is 1. The number of rotatable bonds is 3. The van der Waals surface area contributed by atoms with Crippen molar-refractivity contribution in [2.24, 2.45) is 0 Å². The maximum Gasteiger partial charge on any atom is 0.200 e. The molecule has 0 amide bonds. The summed E-state index contributed by atoms with van der Waals surface area (Å²) in [7, 11) is 1.35. The van der Waals surface area contributed by atoms with Crippen LogP contribution in [-0.4, -0.2) is 33.8 Å². The van der Waals surface area contributed by atoms with Crippen molar-refractivity contribution in [2.45, 2.75) is 6.29 Å². The van der Waals surface area contributed by atoms with E-state index in [1.165, 1.54) is 25.3 Å². The Labute approximate surface area is 86.5 Å². The van der Waals surface area contributed by atoms with E-state index in [1.54, 1.807) is 0 Å². The fourth-order valence-corrected chi connectivity index (χ4v) is 1.06. The third kappa shape index (κ3) is 2.87. The molecule has 1 aromatic rings. The molecule has 0 bridgehead atoms. The molecule has 5 heteroatoms. The average molecular weight is 212 g/mol. The predicted octanol–water partition coefficient (Wildman–Crippen LogP) is 0.430. The third-order valence-corrected chi connectivity index (χ3v) is 1.76. The molecule has 0 saturated heterocycles. The Bertz CT molecular complexity index is 370. The Balaban J connectivity index is 3.06. The molecule has 5 nitrogen and oxygen atoms in total. The van der Waals surface area contributed by atoms with Crippen LogP contribution >= 0.6 is 0 Å². The Morgan fingerprint density at radius 2 is 1.93 bits per heavy atom. The SMILES string of the molecule is COc1cc(C=CC(O)O)cc(O)c1O. The summed E-state index contributed by atoms with van der Waals surface area (Å²) in [5.74, 6) is -0.567. The molecule has 0 unspecified atom stereocenters. The second kappa shape index (κ2) is 4.68. The number of aliphatic hydroxyl groups is 2. The molecule has 0 saturated carbocycles. The first-order chi connectivity index (χ1) is 7.04. The van der Waals surface area contributed by atoms with Crippen molar-refractivity contribution in [1.82, 2.24) is 0 Å². The van der Waals surface area contributed by atoms with Crippen LogP contribution in [0, 0.1) is 0 Å². The smallest absolute Gasteiger partial charge is 0.200 e. The molecular formula is C10H12O5. The molecule has 0 aromatic heterocycles. The van der Waals surface area contributed by atoms with E-state index >= 15 is 0 Å². The van der Waals surface area contributed by atoms with Gasteiger partial charge in [-0.15, -0.1) is 0 Å². The number of ether oxygens (including phenoxy) is 1. The van der Waals surface area contributed by atoms with Crippen LogP contribution in [0.3, 0.4) is 0 Å². The third-order valence-electron chi connectivity index (χ3n) is 1.76. The quantitative estimate of drug-likeness (QED) is 0.431. The summed E-state index contributed by atoms with van der Waals surface area (Å²) < 4.78 is 4.80. The van der Waals surface area contributed by atoms with E-state index < -0.39 is 6.29 Å². The number of hydrogen-bond donors (Lipinski definition) is 4. The molecule has 0 aliphatic carbocycles. The minimum Gasteiger partial charge on any atom is -0.504 e. The van der Waals surface area contributed by atoms with Gasteiger partial charge in [0.1, 0.15) is 0 Å². The van der Waals surface area contributed by atoms with Crippen LogP contribution in [0.5, 0.6) is 17.2 Å². The van der Waals surface area contributed by atoms with Crippen LogP contribution in [0.25, 0.3) is 6.08 Å². The summed E-state index contributed by atoms with van der Waals surface area (Å²) in [5, 5.41) is 35.8. The molecule has 0 aliphatic rings. The Morgan fingerprint density at radius 1 is 1.27 bits per heavy atom. The zero-order valence-electron chi connectivity index (χ0n) is 8.08. The molecule has 0 fully saturated rings. The molecular weight excluding hydrogens is 200 g/mol. The topological polar surface area (TPSA) is 90.2 Å². The van der Waals surface area contributed by atoms with E-state index in [2.05, 4.69) is 0 Å². The van der Waals surface area contributed by atoms with Gasteiger partial charge in [0, 0.05) is 0 Å². The van der Waals surface area contributed by atoms with Gasteiger partial charge in [0.25, 0.3) is 0 Å². The van der Waals surface area contributed by atoms with Crippen molar-refractivity contribution in [2.75, 3.05) is 7.11 Å². The van der Waals surface area contributed by atoms with E-state index in [0.29, 0.717) is 5.56 Å². The molecule has 0 radical (unpaired) electrons. The summed E-state index contributed by atoms with van der Waals surface area (Å²) in [4.78, 5) is 0. The largest absolute Gasteiger partial charge is 0.504 e. The normalized spacial score (nSPS) is 11.2. The van der Waals surface area contributed by atoms with Crippen LogP contribution < -0.4 is 4.74 Å². The molecule has 1 rings (SSSR count). The fourth-order valence-electron chi connectivity index (χ4n) is 1.06. The summed E-state index contributed by atoms with van der Waals surface area (Å²) in [6, 6.07) is 2.73. The summed E-state index contributed by atoms with van der Waals surface area (Å²) >= 11 is 0. The minimum absolute atomic E-state index is 0.113. The summed E-state index contributed by atoms with van der Waals surface area (Å²) in [6.07, 6.45) is 0.935. The van der Waals surface area contributed by atoms with Crippen LogP contribution in [0.15, 0.2) is 18.2 Å². The number of aromatic hydroxyl groups is 2. The molecule has 0 heterocycles. The first kappa shape index (κ1) is 11.4.